The molecule has 150 valence electrons. The van der Waals surface area contributed by atoms with E-state index in [1.807, 2.05) is 50.2 Å². The number of amides is 2. The van der Waals surface area contributed by atoms with Crippen molar-refractivity contribution in [1.29, 1.82) is 0 Å². The van der Waals surface area contributed by atoms with Crippen LogP contribution in [0.5, 0.6) is 0 Å². The van der Waals surface area contributed by atoms with Crippen molar-refractivity contribution in [1.82, 2.24) is 5.32 Å². The number of carbonyl (C=O) groups excluding carboxylic acids is 2. The number of carbonyl (C=O) groups is 2. The predicted molar refractivity (Wildman–Crippen MR) is 116 cm³/mol. The number of rotatable bonds is 7. The average molecular weight is 381 g/mol. The first-order valence-electron chi connectivity index (χ1n) is 10.0. The lowest BCUT2D eigenvalue weighted by molar-refractivity contribution is -0.118. The van der Waals surface area contributed by atoms with Crippen LogP contribution in [0.4, 0.5) is 5.69 Å². The Bertz CT molecular complexity index is 838. The van der Waals surface area contributed by atoms with Gasteiger partial charge in [0.05, 0.1) is 0 Å². The standard InChI is InChI=1S/C24H32N2O2/c1-15(2)19-10-11-21(22(13-19)16(3)4)24(28)25-14-18-8-7-9-20(12-18)26-23(27)17(5)6/h7-13,15-17H,14H2,1-6H3,(H,25,28)(H,26,27). The van der Waals surface area contributed by atoms with Crippen molar-refractivity contribution in [3.05, 3.63) is 64.7 Å². The fraction of sp³-hybridized carbons (Fsp3) is 0.417. The molecule has 0 unspecified atom stereocenters. The van der Waals surface area contributed by atoms with E-state index >= 15 is 0 Å². The number of benzene rings is 2. The molecule has 2 rings (SSSR count). The smallest absolute Gasteiger partial charge is 0.251 e. The summed E-state index contributed by atoms with van der Waals surface area (Å²) in [5, 5.41) is 5.90. The molecule has 0 saturated heterocycles. The van der Waals surface area contributed by atoms with Crippen LogP contribution >= 0.6 is 0 Å². The maximum atomic E-state index is 12.8. The van der Waals surface area contributed by atoms with Crippen molar-refractivity contribution >= 4 is 17.5 Å². The van der Waals surface area contributed by atoms with Gasteiger partial charge < -0.3 is 10.6 Å². The monoisotopic (exact) mass is 380 g/mol. The highest BCUT2D eigenvalue weighted by Crippen LogP contribution is 2.25. The van der Waals surface area contributed by atoms with E-state index in [1.54, 1.807) is 0 Å². The molecule has 0 spiro atoms. The highest BCUT2D eigenvalue weighted by Gasteiger charge is 2.15. The van der Waals surface area contributed by atoms with Gasteiger partial charge in [0, 0.05) is 23.7 Å². The van der Waals surface area contributed by atoms with Crippen LogP contribution in [0.1, 0.15) is 80.4 Å². The van der Waals surface area contributed by atoms with Gasteiger partial charge in [-0.25, -0.2) is 0 Å². The summed E-state index contributed by atoms with van der Waals surface area (Å²) < 4.78 is 0. The molecular weight excluding hydrogens is 348 g/mol. The molecule has 4 nitrogen and oxygen atoms in total. The van der Waals surface area contributed by atoms with Crippen molar-refractivity contribution in [2.45, 2.75) is 59.9 Å². The molecule has 0 bridgehead atoms. The van der Waals surface area contributed by atoms with E-state index < -0.39 is 0 Å². The molecule has 0 aliphatic rings. The second-order valence-electron chi connectivity index (χ2n) is 8.18. The largest absolute Gasteiger partial charge is 0.348 e. The van der Waals surface area contributed by atoms with E-state index in [2.05, 4.69) is 44.4 Å². The van der Waals surface area contributed by atoms with Crippen molar-refractivity contribution in [2.24, 2.45) is 5.92 Å². The van der Waals surface area contributed by atoms with Gasteiger partial charge >= 0.3 is 0 Å². The van der Waals surface area contributed by atoms with Gasteiger partial charge in [0.25, 0.3) is 5.91 Å². The normalized spacial score (nSPS) is 11.2. The van der Waals surface area contributed by atoms with Gasteiger partial charge in [-0.2, -0.15) is 0 Å². The van der Waals surface area contributed by atoms with Gasteiger partial charge in [-0.1, -0.05) is 65.8 Å². The first-order valence-corrected chi connectivity index (χ1v) is 10.0. The van der Waals surface area contributed by atoms with E-state index in [-0.39, 0.29) is 23.7 Å². The van der Waals surface area contributed by atoms with E-state index in [4.69, 9.17) is 0 Å². The quantitative estimate of drug-likeness (QED) is 0.670. The first-order chi connectivity index (χ1) is 13.2. The molecule has 0 radical (unpaired) electrons. The van der Waals surface area contributed by atoms with Gasteiger partial charge in [-0.15, -0.1) is 0 Å². The van der Waals surface area contributed by atoms with Gasteiger partial charge in [-0.3, -0.25) is 9.59 Å². The Morgan fingerprint density at radius 3 is 2.21 bits per heavy atom. The third-order valence-electron chi connectivity index (χ3n) is 4.78. The van der Waals surface area contributed by atoms with Crippen molar-refractivity contribution in [3.8, 4) is 0 Å². The van der Waals surface area contributed by atoms with Crippen LogP contribution in [-0.2, 0) is 11.3 Å². The van der Waals surface area contributed by atoms with Gasteiger partial charge in [-0.05, 0) is 46.7 Å². The Hall–Kier alpha value is -2.62. The van der Waals surface area contributed by atoms with Crippen LogP contribution in [0.2, 0.25) is 0 Å². The summed E-state index contributed by atoms with van der Waals surface area (Å²) in [4.78, 5) is 24.7. The Labute approximate surface area is 168 Å². The minimum Gasteiger partial charge on any atom is -0.348 e. The zero-order valence-corrected chi connectivity index (χ0v) is 17.8. The summed E-state index contributed by atoms with van der Waals surface area (Å²) in [5.41, 5.74) is 4.73. The van der Waals surface area contributed by atoms with E-state index in [9.17, 15) is 9.59 Å². The topological polar surface area (TPSA) is 58.2 Å². The first kappa shape index (κ1) is 21.7. The van der Waals surface area contributed by atoms with Crippen LogP contribution < -0.4 is 10.6 Å². The SMILES string of the molecule is CC(C)C(=O)Nc1cccc(CNC(=O)c2ccc(C(C)C)cc2C(C)C)c1. The van der Waals surface area contributed by atoms with Crippen LogP contribution in [0, 0.1) is 5.92 Å². The molecule has 0 fully saturated rings. The molecule has 2 amide bonds. The van der Waals surface area contributed by atoms with Gasteiger partial charge in [0.15, 0.2) is 0 Å². The molecule has 2 aromatic rings. The summed E-state index contributed by atoms with van der Waals surface area (Å²) in [6, 6.07) is 13.7. The van der Waals surface area contributed by atoms with Crippen molar-refractivity contribution in [3.63, 3.8) is 0 Å². The summed E-state index contributed by atoms with van der Waals surface area (Å²) in [7, 11) is 0. The second-order valence-corrected chi connectivity index (χ2v) is 8.18. The summed E-state index contributed by atoms with van der Waals surface area (Å²) in [6.45, 7) is 12.7. The molecular formula is C24H32N2O2. The maximum absolute atomic E-state index is 12.8. The molecule has 0 atom stereocenters. The molecule has 28 heavy (non-hydrogen) atoms. The molecule has 0 aliphatic carbocycles. The Balaban J connectivity index is 2.11. The molecule has 0 aliphatic heterocycles. The minimum absolute atomic E-state index is 0.0204. The highest BCUT2D eigenvalue weighted by atomic mass is 16.2. The molecule has 2 N–H and O–H groups in total. The Morgan fingerprint density at radius 1 is 0.893 bits per heavy atom. The predicted octanol–water partition coefficient (Wildman–Crippen LogP) is 5.46. The van der Waals surface area contributed by atoms with Crippen LogP contribution in [-0.4, -0.2) is 11.8 Å². The van der Waals surface area contributed by atoms with Crippen LogP contribution in [0.25, 0.3) is 0 Å². The van der Waals surface area contributed by atoms with Crippen molar-refractivity contribution < 1.29 is 9.59 Å². The fourth-order valence-electron chi connectivity index (χ4n) is 2.95. The lowest BCUT2D eigenvalue weighted by Crippen LogP contribution is -2.24. The number of hydrogen-bond donors (Lipinski definition) is 2. The second kappa shape index (κ2) is 9.54. The summed E-state index contributed by atoms with van der Waals surface area (Å²) in [6.07, 6.45) is 0. The zero-order chi connectivity index (χ0) is 20.8. The van der Waals surface area contributed by atoms with Crippen LogP contribution in [0.15, 0.2) is 42.5 Å². The van der Waals surface area contributed by atoms with E-state index in [0.29, 0.717) is 12.5 Å². The summed E-state index contributed by atoms with van der Waals surface area (Å²) >= 11 is 0. The number of anilines is 1. The maximum Gasteiger partial charge on any atom is 0.251 e. The molecule has 0 saturated carbocycles. The number of hydrogen-bond acceptors (Lipinski definition) is 2. The molecule has 2 aromatic carbocycles. The van der Waals surface area contributed by atoms with E-state index in [0.717, 1.165) is 22.4 Å². The Kier molecular flexibility index (Phi) is 7.38. The lowest BCUT2D eigenvalue weighted by atomic mass is 9.91. The Morgan fingerprint density at radius 2 is 1.61 bits per heavy atom. The third-order valence-corrected chi connectivity index (χ3v) is 4.78. The molecule has 0 heterocycles. The lowest BCUT2D eigenvalue weighted by Gasteiger charge is -2.16. The molecule has 0 aromatic heterocycles. The zero-order valence-electron chi connectivity index (χ0n) is 17.8. The fourth-order valence-corrected chi connectivity index (χ4v) is 2.95. The third kappa shape index (κ3) is 5.69. The van der Waals surface area contributed by atoms with Gasteiger partial charge in [0.1, 0.15) is 0 Å². The number of nitrogens with one attached hydrogen (secondary N) is 2. The van der Waals surface area contributed by atoms with Gasteiger partial charge in [0.2, 0.25) is 5.91 Å². The van der Waals surface area contributed by atoms with E-state index in [1.165, 1.54) is 5.56 Å². The minimum atomic E-state index is -0.0772. The van der Waals surface area contributed by atoms with Crippen molar-refractivity contribution in [2.75, 3.05) is 5.32 Å². The van der Waals surface area contributed by atoms with Crippen LogP contribution in [0.3, 0.4) is 0 Å². The molecule has 4 heteroatoms. The summed E-state index contributed by atoms with van der Waals surface area (Å²) in [5.74, 6) is 0.530. The highest BCUT2D eigenvalue weighted by molar-refractivity contribution is 5.96. The average Bonchev–Trinajstić information content (AvgIpc) is 2.65.